The van der Waals surface area contributed by atoms with Gasteiger partial charge in [-0.15, -0.1) is 5.10 Å². The molecule has 1 saturated heterocycles. The first-order valence-corrected chi connectivity index (χ1v) is 8.77. The van der Waals surface area contributed by atoms with Crippen LogP contribution in [-0.4, -0.2) is 74.7 Å². The summed E-state index contributed by atoms with van der Waals surface area (Å²) in [6.07, 6.45) is 1.98. The van der Waals surface area contributed by atoms with E-state index >= 15 is 0 Å². The van der Waals surface area contributed by atoms with Crippen LogP contribution in [0.3, 0.4) is 0 Å². The SMILES string of the molecule is CCNC(=O)N1CCN(C(=O)C(Cc2ccccc2)n2cnnn2)CC1. The number of amides is 3. The van der Waals surface area contributed by atoms with Crippen molar-refractivity contribution >= 4 is 11.9 Å². The van der Waals surface area contributed by atoms with Crippen LogP contribution in [0.1, 0.15) is 18.5 Å². The van der Waals surface area contributed by atoms with Gasteiger partial charge in [0.1, 0.15) is 12.4 Å². The molecule has 9 nitrogen and oxygen atoms in total. The zero-order valence-electron chi connectivity index (χ0n) is 14.8. The third-order valence-electron chi connectivity index (χ3n) is 4.45. The van der Waals surface area contributed by atoms with Gasteiger partial charge in [-0.3, -0.25) is 4.79 Å². The van der Waals surface area contributed by atoms with E-state index in [1.165, 1.54) is 11.0 Å². The van der Waals surface area contributed by atoms with Gasteiger partial charge in [-0.2, -0.15) is 0 Å². The number of nitrogens with zero attached hydrogens (tertiary/aromatic N) is 6. The smallest absolute Gasteiger partial charge is 0.317 e. The molecule has 3 rings (SSSR count). The van der Waals surface area contributed by atoms with Gasteiger partial charge in [-0.1, -0.05) is 30.3 Å². The van der Waals surface area contributed by atoms with Crippen LogP contribution in [0.2, 0.25) is 0 Å². The Morgan fingerprint density at radius 3 is 2.42 bits per heavy atom. The van der Waals surface area contributed by atoms with E-state index < -0.39 is 6.04 Å². The lowest BCUT2D eigenvalue weighted by molar-refractivity contribution is -0.136. The Morgan fingerprint density at radius 1 is 1.12 bits per heavy atom. The Kier molecular flexibility index (Phi) is 5.77. The highest BCUT2D eigenvalue weighted by Crippen LogP contribution is 2.17. The van der Waals surface area contributed by atoms with Crippen molar-refractivity contribution in [3.05, 3.63) is 42.2 Å². The molecule has 3 amide bonds. The lowest BCUT2D eigenvalue weighted by Crippen LogP contribution is -2.54. The first kappa shape index (κ1) is 17.8. The average Bonchev–Trinajstić information content (AvgIpc) is 3.21. The van der Waals surface area contributed by atoms with E-state index in [0.29, 0.717) is 39.1 Å². The van der Waals surface area contributed by atoms with Crippen molar-refractivity contribution in [1.82, 2.24) is 35.3 Å². The number of nitrogens with one attached hydrogen (secondary N) is 1. The highest BCUT2D eigenvalue weighted by atomic mass is 16.2. The second kappa shape index (κ2) is 8.41. The van der Waals surface area contributed by atoms with Crippen LogP contribution in [0.4, 0.5) is 4.79 Å². The Labute approximate surface area is 152 Å². The van der Waals surface area contributed by atoms with Gasteiger partial charge < -0.3 is 15.1 Å². The van der Waals surface area contributed by atoms with E-state index in [4.69, 9.17) is 0 Å². The number of hydrogen-bond donors (Lipinski definition) is 1. The Morgan fingerprint density at radius 2 is 1.81 bits per heavy atom. The minimum absolute atomic E-state index is 0.0308. The second-order valence-electron chi connectivity index (χ2n) is 6.14. The van der Waals surface area contributed by atoms with Crippen molar-refractivity contribution in [2.45, 2.75) is 19.4 Å². The number of rotatable bonds is 5. The van der Waals surface area contributed by atoms with Crippen LogP contribution in [0.15, 0.2) is 36.7 Å². The van der Waals surface area contributed by atoms with E-state index in [2.05, 4.69) is 20.8 Å². The topological polar surface area (TPSA) is 96.2 Å². The van der Waals surface area contributed by atoms with Crippen LogP contribution in [0.5, 0.6) is 0 Å². The summed E-state index contributed by atoms with van der Waals surface area (Å²) in [5.74, 6) is -0.0308. The van der Waals surface area contributed by atoms with Gasteiger partial charge >= 0.3 is 6.03 Å². The van der Waals surface area contributed by atoms with Crippen molar-refractivity contribution in [1.29, 1.82) is 0 Å². The summed E-state index contributed by atoms with van der Waals surface area (Å²) in [5.41, 5.74) is 1.04. The summed E-state index contributed by atoms with van der Waals surface area (Å²) in [6, 6.07) is 9.22. The fourth-order valence-electron chi connectivity index (χ4n) is 3.05. The fraction of sp³-hybridized carbons (Fsp3) is 0.471. The molecule has 2 heterocycles. The molecule has 9 heteroatoms. The van der Waals surface area contributed by atoms with E-state index in [-0.39, 0.29) is 11.9 Å². The zero-order valence-corrected chi connectivity index (χ0v) is 14.8. The molecule has 1 fully saturated rings. The molecule has 0 aliphatic carbocycles. The molecule has 1 aromatic carbocycles. The van der Waals surface area contributed by atoms with E-state index in [1.807, 2.05) is 37.3 Å². The Balaban J connectivity index is 1.68. The van der Waals surface area contributed by atoms with Crippen LogP contribution in [0.25, 0.3) is 0 Å². The molecule has 138 valence electrons. The summed E-state index contributed by atoms with van der Waals surface area (Å²) in [7, 11) is 0. The molecule has 0 bridgehead atoms. The van der Waals surface area contributed by atoms with Crippen molar-refractivity contribution in [2.75, 3.05) is 32.7 Å². The molecular weight excluding hydrogens is 334 g/mol. The number of tetrazole rings is 1. The molecule has 1 atom stereocenters. The quantitative estimate of drug-likeness (QED) is 0.832. The summed E-state index contributed by atoms with van der Waals surface area (Å²) >= 11 is 0. The molecule has 1 N–H and O–H groups in total. The number of benzene rings is 1. The summed E-state index contributed by atoms with van der Waals surface area (Å²) < 4.78 is 1.51. The second-order valence-corrected chi connectivity index (χ2v) is 6.14. The Bertz CT molecular complexity index is 712. The monoisotopic (exact) mass is 357 g/mol. The van der Waals surface area contributed by atoms with Gasteiger partial charge in [0, 0.05) is 39.1 Å². The molecular formula is C17H23N7O2. The van der Waals surface area contributed by atoms with Crippen molar-refractivity contribution < 1.29 is 9.59 Å². The van der Waals surface area contributed by atoms with Gasteiger partial charge in [0.05, 0.1) is 0 Å². The Hall–Kier alpha value is -2.97. The highest BCUT2D eigenvalue weighted by molar-refractivity contribution is 5.81. The molecule has 26 heavy (non-hydrogen) atoms. The third-order valence-corrected chi connectivity index (χ3v) is 4.45. The third kappa shape index (κ3) is 4.16. The standard InChI is InChI=1S/C17H23N7O2/c1-2-18-17(26)23-10-8-22(9-11-23)16(25)15(24-13-19-20-21-24)12-14-6-4-3-5-7-14/h3-7,13,15H,2,8-12H2,1H3,(H,18,26). The van der Waals surface area contributed by atoms with Gasteiger partial charge in [0.15, 0.2) is 0 Å². The molecule has 0 saturated carbocycles. The predicted octanol–water partition coefficient (Wildman–Crippen LogP) is 0.331. The van der Waals surface area contributed by atoms with Gasteiger partial charge in [0.25, 0.3) is 0 Å². The van der Waals surface area contributed by atoms with Gasteiger partial charge in [-0.25, -0.2) is 9.48 Å². The van der Waals surface area contributed by atoms with E-state index in [9.17, 15) is 9.59 Å². The molecule has 1 aromatic heterocycles. The first-order valence-electron chi connectivity index (χ1n) is 8.77. The maximum atomic E-state index is 13.1. The molecule has 0 spiro atoms. The van der Waals surface area contributed by atoms with E-state index in [1.54, 1.807) is 9.80 Å². The largest absolute Gasteiger partial charge is 0.338 e. The van der Waals surface area contributed by atoms with Crippen LogP contribution in [0, 0.1) is 0 Å². The van der Waals surface area contributed by atoms with Gasteiger partial charge in [-0.05, 0) is 22.9 Å². The minimum Gasteiger partial charge on any atom is -0.338 e. The molecule has 1 aliphatic heterocycles. The first-order chi connectivity index (χ1) is 12.7. The van der Waals surface area contributed by atoms with Crippen molar-refractivity contribution in [3.8, 4) is 0 Å². The fourth-order valence-corrected chi connectivity index (χ4v) is 3.05. The maximum Gasteiger partial charge on any atom is 0.317 e. The number of carbonyl (C=O) groups excluding carboxylic acids is 2. The number of piperazine rings is 1. The molecule has 1 unspecified atom stereocenters. The lowest BCUT2D eigenvalue weighted by Gasteiger charge is -2.36. The van der Waals surface area contributed by atoms with Crippen LogP contribution >= 0.6 is 0 Å². The lowest BCUT2D eigenvalue weighted by atomic mass is 10.0. The predicted molar refractivity (Wildman–Crippen MR) is 94.2 cm³/mol. The number of hydrogen-bond acceptors (Lipinski definition) is 5. The highest BCUT2D eigenvalue weighted by Gasteiger charge is 2.30. The summed E-state index contributed by atoms with van der Waals surface area (Å²) in [4.78, 5) is 28.5. The van der Waals surface area contributed by atoms with Crippen molar-refractivity contribution in [2.24, 2.45) is 0 Å². The molecule has 0 radical (unpaired) electrons. The number of urea groups is 1. The maximum absolute atomic E-state index is 13.1. The summed E-state index contributed by atoms with van der Waals surface area (Å²) in [6.45, 7) is 4.53. The van der Waals surface area contributed by atoms with Crippen LogP contribution in [-0.2, 0) is 11.2 Å². The van der Waals surface area contributed by atoms with Gasteiger partial charge in [0.2, 0.25) is 5.91 Å². The molecule has 2 aromatic rings. The van der Waals surface area contributed by atoms with Crippen LogP contribution < -0.4 is 5.32 Å². The zero-order chi connectivity index (χ0) is 18.4. The van der Waals surface area contributed by atoms with E-state index in [0.717, 1.165) is 5.56 Å². The average molecular weight is 357 g/mol. The minimum atomic E-state index is -0.497. The summed E-state index contributed by atoms with van der Waals surface area (Å²) in [5, 5.41) is 14.1. The number of aromatic nitrogens is 4. The molecule has 1 aliphatic rings. The number of carbonyl (C=O) groups is 2. The van der Waals surface area contributed by atoms with Crippen molar-refractivity contribution in [3.63, 3.8) is 0 Å². The normalized spacial score (nSPS) is 15.6.